The van der Waals surface area contributed by atoms with Crippen molar-refractivity contribution in [1.82, 2.24) is 4.90 Å². The second kappa shape index (κ2) is 5.59. The molecule has 18 heavy (non-hydrogen) atoms. The van der Waals surface area contributed by atoms with Gasteiger partial charge in [0.25, 0.3) is 5.69 Å². The maximum Gasteiger partial charge on any atom is 0.269 e. The molecule has 0 aromatic heterocycles. The molecular formula is C12H17N3O3. The average molecular weight is 251 g/mol. The standard InChI is InChI=1S/C12H17N3O3/c1-8(13)12(16)14(3)9(2)10-5-4-6-11(7-10)15(17)18/h4-9H,13H2,1-3H3/t8-,9?/m0/s1. The van der Waals surface area contributed by atoms with Crippen LogP contribution in [0.2, 0.25) is 0 Å². The Morgan fingerprint density at radius 3 is 2.56 bits per heavy atom. The van der Waals surface area contributed by atoms with Crippen molar-refractivity contribution in [2.45, 2.75) is 25.9 Å². The van der Waals surface area contributed by atoms with Crippen molar-refractivity contribution in [3.63, 3.8) is 0 Å². The lowest BCUT2D eigenvalue weighted by Crippen LogP contribution is -2.40. The number of non-ortho nitro benzene ring substituents is 1. The van der Waals surface area contributed by atoms with Gasteiger partial charge in [-0.15, -0.1) is 0 Å². The summed E-state index contributed by atoms with van der Waals surface area (Å²) >= 11 is 0. The summed E-state index contributed by atoms with van der Waals surface area (Å²) in [6.07, 6.45) is 0. The van der Waals surface area contributed by atoms with Crippen LogP contribution < -0.4 is 5.73 Å². The number of hydrogen-bond acceptors (Lipinski definition) is 4. The van der Waals surface area contributed by atoms with Gasteiger partial charge in [-0.3, -0.25) is 14.9 Å². The highest BCUT2D eigenvalue weighted by molar-refractivity contribution is 5.81. The van der Waals surface area contributed by atoms with Crippen molar-refractivity contribution < 1.29 is 9.72 Å². The highest BCUT2D eigenvalue weighted by atomic mass is 16.6. The van der Waals surface area contributed by atoms with Gasteiger partial charge in [-0.2, -0.15) is 0 Å². The molecule has 1 aromatic rings. The quantitative estimate of drug-likeness (QED) is 0.648. The Labute approximate surface area is 106 Å². The lowest BCUT2D eigenvalue weighted by molar-refractivity contribution is -0.384. The van der Waals surface area contributed by atoms with Crippen LogP contribution in [0.1, 0.15) is 25.5 Å². The summed E-state index contributed by atoms with van der Waals surface area (Å²) in [4.78, 5) is 23.5. The van der Waals surface area contributed by atoms with Gasteiger partial charge in [0, 0.05) is 19.2 Å². The van der Waals surface area contributed by atoms with Gasteiger partial charge in [0.05, 0.1) is 17.0 Å². The molecule has 1 rings (SSSR count). The normalized spacial score (nSPS) is 13.8. The molecule has 2 atom stereocenters. The van der Waals surface area contributed by atoms with Gasteiger partial charge in [-0.25, -0.2) is 0 Å². The molecule has 0 radical (unpaired) electrons. The van der Waals surface area contributed by atoms with E-state index in [1.165, 1.54) is 17.0 Å². The topological polar surface area (TPSA) is 89.5 Å². The van der Waals surface area contributed by atoms with E-state index < -0.39 is 11.0 Å². The molecule has 2 N–H and O–H groups in total. The number of nitro benzene ring substituents is 1. The van der Waals surface area contributed by atoms with E-state index in [1.54, 1.807) is 33.0 Å². The van der Waals surface area contributed by atoms with Crippen LogP contribution in [0, 0.1) is 10.1 Å². The number of nitrogens with two attached hydrogens (primary N) is 1. The van der Waals surface area contributed by atoms with Gasteiger partial charge in [-0.05, 0) is 19.4 Å². The lowest BCUT2D eigenvalue weighted by Gasteiger charge is -2.26. The molecule has 0 saturated heterocycles. The third-order valence-corrected chi connectivity index (χ3v) is 2.88. The molecule has 98 valence electrons. The molecule has 0 aliphatic carbocycles. The molecule has 1 unspecified atom stereocenters. The molecule has 1 amide bonds. The maximum atomic E-state index is 11.7. The Morgan fingerprint density at radius 2 is 2.06 bits per heavy atom. The van der Waals surface area contributed by atoms with Gasteiger partial charge in [-0.1, -0.05) is 12.1 Å². The summed E-state index contributed by atoms with van der Waals surface area (Å²) in [6, 6.07) is 5.40. The van der Waals surface area contributed by atoms with E-state index in [0.29, 0.717) is 5.56 Å². The molecule has 0 heterocycles. The number of hydrogen-bond donors (Lipinski definition) is 1. The number of benzene rings is 1. The number of rotatable bonds is 4. The smallest absolute Gasteiger partial charge is 0.269 e. The largest absolute Gasteiger partial charge is 0.338 e. The predicted octanol–water partition coefficient (Wildman–Crippen LogP) is 1.46. The summed E-state index contributed by atoms with van der Waals surface area (Å²) < 4.78 is 0. The van der Waals surface area contributed by atoms with Crippen molar-refractivity contribution in [3.05, 3.63) is 39.9 Å². The highest BCUT2D eigenvalue weighted by Gasteiger charge is 2.21. The number of likely N-dealkylation sites (N-methyl/N-ethyl adjacent to an activating group) is 1. The molecule has 6 heteroatoms. The minimum Gasteiger partial charge on any atom is -0.338 e. The molecule has 0 bridgehead atoms. The number of nitro groups is 1. The number of nitrogens with zero attached hydrogens (tertiary/aromatic N) is 2. The Hall–Kier alpha value is -1.95. The van der Waals surface area contributed by atoms with E-state index in [-0.39, 0.29) is 17.6 Å². The molecule has 6 nitrogen and oxygen atoms in total. The first kappa shape index (κ1) is 14.1. The van der Waals surface area contributed by atoms with Crippen molar-refractivity contribution in [1.29, 1.82) is 0 Å². The Kier molecular flexibility index (Phi) is 4.38. The fraction of sp³-hybridized carbons (Fsp3) is 0.417. The van der Waals surface area contributed by atoms with Crippen LogP contribution in [0.25, 0.3) is 0 Å². The summed E-state index contributed by atoms with van der Waals surface area (Å²) in [5.74, 6) is -0.200. The van der Waals surface area contributed by atoms with Gasteiger partial charge < -0.3 is 10.6 Å². The molecule has 0 fully saturated rings. The zero-order chi connectivity index (χ0) is 13.9. The summed E-state index contributed by atoms with van der Waals surface area (Å²) in [5, 5.41) is 10.7. The predicted molar refractivity (Wildman–Crippen MR) is 67.9 cm³/mol. The summed E-state index contributed by atoms with van der Waals surface area (Å²) in [7, 11) is 1.63. The molecular weight excluding hydrogens is 234 g/mol. The zero-order valence-electron chi connectivity index (χ0n) is 10.7. The highest BCUT2D eigenvalue weighted by Crippen LogP contribution is 2.23. The number of carbonyl (C=O) groups excluding carboxylic acids is 1. The van der Waals surface area contributed by atoms with Crippen LogP contribution in [0.3, 0.4) is 0 Å². The molecule has 0 aliphatic heterocycles. The molecule has 0 spiro atoms. The van der Waals surface area contributed by atoms with Gasteiger partial charge >= 0.3 is 0 Å². The first-order chi connectivity index (χ1) is 8.34. The van der Waals surface area contributed by atoms with Crippen molar-refractivity contribution in [2.75, 3.05) is 7.05 Å². The Balaban J connectivity index is 2.96. The van der Waals surface area contributed by atoms with Gasteiger partial charge in [0.2, 0.25) is 5.91 Å². The Bertz CT molecular complexity index is 460. The third kappa shape index (κ3) is 3.04. The minimum absolute atomic E-state index is 0.0148. The molecule has 0 saturated carbocycles. The van der Waals surface area contributed by atoms with Gasteiger partial charge in [0.1, 0.15) is 0 Å². The molecule has 0 aliphatic rings. The Morgan fingerprint density at radius 1 is 1.44 bits per heavy atom. The van der Waals surface area contributed by atoms with E-state index in [1.807, 2.05) is 0 Å². The monoisotopic (exact) mass is 251 g/mol. The van der Waals surface area contributed by atoms with Gasteiger partial charge in [0.15, 0.2) is 0 Å². The first-order valence-corrected chi connectivity index (χ1v) is 5.61. The second-order valence-electron chi connectivity index (χ2n) is 4.27. The summed E-state index contributed by atoms with van der Waals surface area (Å²) in [6.45, 7) is 3.42. The van der Waals surface area contributed by atoms with E-state index in [4.69, 9.17) is 5.73 Å². The zero-order valence-corrected chi connectivity index (χ0v) is 10.7. The second-order valence-corrected chi connectivity index (χ2v) is 4.27. The first-order valence-electron chi connectivity index (χ1n) is 5.61. The summed E-state index contributed by atoms with van der Waals surface area (Å²) in [5.41, 5.74) is 6.26. The van der Waals surface area contributed by atoms with Crippen LogP contribution in [-0.2, 0) is 4.79 Å². The fourth-order valence-corrected chi connectivity index (χ4v) is 1.63. The van der Waals surface area contributed by atoms with E-state index >= 15 is 0 Å². The minimum atomic E-state index is -0.587. The van der Waals surface area contributed by atoms with Crippen LogP contribution in [-0.4, -0.2) is 28.8 Å². The van der Waals surface area contributed by atoms with Crippen LogP contribution in [0.15, 0.2) is 24.3 Å². The maximum absolute atomic E-state index is 11.7. The van der Waals surface area contributed by atoms with Crippen LogP contribution in [0.5, 0.6) is 0 Å². The van der Waals surface area contributed by atoms with E-state index in [9.17, 15) is 14.9 Å². The number of carbonyl (C=O) groups is 1. The molecule has 1 aromatic carbocycles. The van der Waals surface area contributed by atoms with Crippen molar-refractivity contribution in [2.24, 2.45) is 5.73 Å². The third-order valence-electron chi connectivity index (χ3n) is 2.88. The van der Waals surface area contributed by atoms with Crippen molar-refractivity contribution in [3.8, 4) is 0 Å². The van der Waals surface area contributed by atoms with Crippen LogP contribution >= 0.6 is 0 Å². The van der Waals surface area contributed by atoms with E-state index in [2.05, 4.69) is 0 Å². The van der Waals surface area contributed by atoms with E-state index in [0.717, 1.165) is 0 Å². The SMILES string of the molecule is CC(c1cccc([N+](=O)[O-])c1)N(C)C(=O)[C@H](C)N. The number of amides is 1. The van der Waals surface area contributed by atoms with Crippen molar-refractivity contribution >= 4 is 11.6 Å². The average Bonchev–Trinajstić information content (AvgIpc) is 2.36. The fourth-order valence-electron chi connectivity index (χ4n) is 1.63. The van der Waals surface area contributed by atoms with Crippen LogP contribution in [0.4, 0.5) is 5.69 Å². The lowest BCUT2D eigenvalue weighted by atomic mass is 10.1.